The minimum atomic E-state index is -1.02. The van der Waals surface area contributed by atoms with Gasteiger partial charge in [0.2, 0.25) is 5.91 Å². The van der Waals surface area contributed by atoms with Crippen molar-refractivity contribution in [3.8, 4) is 0 Å². The molecule has 0 fully saturated rings. The van der Waals surface area contributed by atoms with E-state index in [1.807, 2.05) is 30.3 Å². The smallest absolute Gasteiger partial charge is 0.327 e. The normalized spacial score (nSPS) is 12.0. The summed E-state index contributed by atoms with van der Waals surface area (Å²) in [5.41, 5.74) is 2.03. The van der Waals surface area contributed by atoms with Gasteiger partial charge in [-0.3, -0.25) is 9.78 Å². The molecular weight excluding hydrogens is 288 g/mol. The molecule has 2 N–H and O–H groups in total. The van der Waals surface area contributed by atoms with Gasteiger partial charge in [-0.2, -0.15) is 11.8 Å². The van der Waals surface area contributed by atoms with E-state index in [9.17, 15) is 9.59 Å². The van der Waals surface area contributed by atoms with Crippen LogP contribution in [0.2, 0.25) is 0 Å². The number of thioether (sulfide) groups is 1. The Morgan fingerprint density at radius 1 is 1.33 bits per heavy atom. The van der Waals surface area contributed by atoms with Crippen molar-refractivity contribution in [3.63, 3.8) is 0 Å². The molecule has 0 aliphatic heterocycles. The molecule has 0 unspecified atom stereocenters. The van der Waals surface area contributed by atoms with Crippen molar-refractivity contribution < 1.29 is 14.7 Å². The number of carboxylic acid groups (broad SMARTS) is 1. The molecule has 1 aromatic heterocycles. The fourth-order valence-corrected chi connectivity index (χ4v) is 3.04. The highest BCUT2D eigenvalue weighted by molar-refractivity contribution is 7.98. The second-order valence-electron chi connectivity index (χ2n) is 4.59. The number of rotatable bonds is 6. The predicted octanol–water partition coefficient (Wildman–Crippen LogP) is 2.06. The number of amides is 1. The van der Waals surface area contributed by atoms with Crippen molar-refractivity contribution in [3.05, 3.63) is 42.1 Å². The molecule has 1 heterocycles. The Morgan fingerprint density at radius 2 is 2.10 bits per heavy atom. The van der Waals surface area contributed by atoms with Crippen LogP contribution in [0.15, 0.2) is 36.5 Å². The number of para-hydroxylation sites is 1. The maximum absolute atomic E-state index is 11.1. The van der Waals surface area contributed by atoms with Crippen LogP contribution in [0.25, 0.3) is 10.9 Å². The van der Waals surface area contributed by atoms with Crippen LogP contribution < -0.4 is 5.32 Å². The van der Waals surface area contributed by atoms with Crippen LogP contribution in [0, 0.1) is 0 Å². The number of benzene rings is 1. The van der Waals surface area contributed by atoms with Crippen LogP contribution in [0.3, 0.4) is 0 Å². The average Bonchev–Trinajstić information content (AvgIpc) is 2.46. The summed E-state index contributed by atoms with van der Waals surface area (Å²) in [5.74, 6) is -0.354. The Bertz CT molecular complexity index is 655. The zero-order valence-electron chi connectivity index (χ0n) is 11.6. The van der Waals surface area contributed by atoms with Crippen molar-refractivity contribution in [2.45, 2.75) is 18.7 Å². The lowest BCUT2D eigenvalue weighted by Crippen LogP contribution is -2.41. The molecule has 21 heavy (non-hydrogen) atoms. The Hall–Kier alpha value is -2.08. The van der Waals surface area contributed by atoms with Gasteiger partial charge >= 0.3 is 5.97 Å². The second kappa shape index (κ2) is 7.08. The number of aliphatic carboxylic acids is 1. The van der Waals surface area contributed by atoms with Crippen molar-refractivity contribution in [1.82, 2.24) is 10.3 Å². The molecule has 1 atom stereocenters. The van der Waals surface area contributed by atoms with E-state index in [4.69, 9.17) is 5.11 Å². The van der Waals surface area contributed by atoms with E-state index in [2.05, 4.69) is 10.3 Å². The quantitative estimate of drug-likeness (QED) is 0.854. The lowest BCUT2D eigenvalue weighted by Gasteiger charge is -2.13. The molecule has 0 bridgehead atoms. The summed E-state index contributed by atoms with van der Waals surface area (Å²) < 4.78 is 0. The number of carboxylic acids is 1. The van der Waals surface area contributed by atoms with Gasteiger partial charge in [0, 0.05) is 30.0 Å². The van der Waals surface area contributed by atoms with Crippen LogP contribution in [-0.2, 0) is 15.3 Å². The van der Waals surface area contributed by atoms with Crippen LogP contribution in [-0.4, -0.2) is 33.8 Å². The Labute approximate surface area is 126 Å². The average molecular weight is 304 g/mol. The van der Waals surface area contributed by atoms with Crippen molar-refractivity contribution in [2.24, 2.45) is 0 Å². The number of carbonyl (C=O) groups excluding carboxylic acids is 1. The maximum atomic E-state index is 11.1. The van der Waals surface area contributed by atoms with E-state index in [1.165, 1.54) is 18.7 Å². The summed E-state index contributed by atoms with van der Waals surface area (Å²) in [5, 5.41) is 12.6. The molecule has 0 saturated heterocycles. The maximum Gasteiger partial charge on any atom is 0.327 e. The monoisotopic (exact) mass is 304 g/mol. The molecular formula is C15H16N2O3S. The van der Waals surface area contributed by atoms with Crippen molar-refractivity contribution in [1.29, 1.82) is 0 Å². The van der Waals surface area contributed by atoms with Gasteiger partial charge in [-0.1, -0.05) is 18.2 Å². The Kier molecular flexibility index (Phi) is 5.16. The standard InChI is InChI=1S/C15H16N2O3S/c1-10(18)17-14(15(19)20)9-21-8-11-6-7-16-13-5-3-2-4-12(11)13/h2-7,14H,8-9H2,1H3,(H,17,18)(H,19,20)/t14-/m0/s1. The second-order valence-corrected chi connectivity index (χ2v) is 5.62. The molecule has 0 aliphatic rings. The van der Waals surface area contributed by atoms with E-state index >= 15 is 0 Å². The molecule has 6 heteroatoms. The number of carbonyl (C=O) groups is 2. The molecule has 2 rings (SSSR count). The van der Waals surface area contributed by atoms with Gasteiger partial charge in [0.1, 0.15) is 6.04 Å². The Balaban J connectivity index is 2.01. The van der Waals surface area contributed by atoms with Gasteiger partial charge in [-0.15, -0.1) is 0 Å². The Morgan fingerprint density at radius 3 is 2.81 bits per heavy atom. The molecule has 0 aliphatic carbocycles. The zero-order chi connectivity index (χ0) is 15.2. The minimum Gasteiger partial charge on any atom is -0.480 e. The lowest BCUT2D eigenvalue weighted by molar-refractivity contribution is -0.140. The van der Waals surface area contributed by atoms with Gasteiger partial charge in [0.25, 0.3) is 0 Å². The molecule has 110 valence electrons. The van der Waals surface area contributed by atoms with Crippen LogP contribution in [0.5, 0.6) is 0 Å². The molecule has 1 amide bonds. The minimum absolute atomic E-state index is 0.325. The third kappa shape index (κ3) is 4.19. The first-order chi connectivity index (χ1) is 10.1. The molecule has 5 nitrogen and oxygen atoms in total. The summed E-state index contributed by atoms with van der Waals surface area (Å²) >= 11 is 1.48. The number of nitrogens with one attached hydrogen (secondary N) is 1. The summed E-state index contributed by atoms with van der Waals surface area (Å²) in [4.78, 5) is 26.3. The van der Waals surface area contributed by atoms with E-state index in [0.29, 0.717) is 11.5 Å². The summed E-state index contributed by atoms with van der Waals surface area (Å²) in [7, 11) is 0. The predicted molar refractivity (Wildman–Crippen MR) is 83.1 cm³/mol. The number of pyridine rings is 1. The summed E-state index contributed by atoms with van der Waals surface area (Å²) in [6, 6.07) is 8.91. The third-order valence-corrected chi connectivity index (χ3v) is 4.04. The van der Waals surface area contributed by atoms with Crippen LogP contribution in [0.4, 0.5) is 0 Å². The molecule has 0 spiro atoms. The number of hydrogen-bond acceptors (Lipinski definition) is 4. The van der Waals surface area contributed by atoms with Gasteiger partial charge in [-0.25, -0.2) is 4.79 Å². The number of hydrogen-bond donors (Lipinski definition) is 2. The number of aromatic nitrogens is 1. The van der Waals surface area contributed by atoms with Gasteiger partial charge in [-0.05, 0) is 17.7 Å². The third-order valence-electron chi connectivity index (χ3n) is 2.96. The van der Waals surface area contributed by atoms with E-state index in [1.54, 1.807) is 6.20 Å². The van der Waals surface area contributed by atoms with E-state index in [0.717, 1.165) is 16.5 Å². The molecule has 1 aromatic carbocycles. The lowest BCUT2D eigenvalue weighted by atomic mass is 10.1. The summed E-state index contributed by atoms with van der Waals surface area (Å²) in [6.45, 7) is 1.32. The highest BCUT2D eigenvalue weighted by Crippen LogP contribution is 2.21. The number of nitrogens with zero attached hydrogens (tertiary/aromatic N) is 1. The number of fused-ring (bicyclic) bond motifs is 1. The largest absolute Gasteiger partial charge is 0.480 e. The first-order valence-electron chi connectivity index (χ1n) is 6.48. The van der Waals surface area contributed by atoms with Crippen molar-refractivity contribution in [2.75, 3.05) is 5.75 Å². The van der Waals surface area contributed by atoms with Crippen molar-refractivity contribution >= 4 is 34.5 Å². The van der Waals surface area contributed by atoms with Gasteiger partial charge in [0.05, 0.1) is 5.52 Å². The highest BCUT2D eigenvalue weighted by Gasteiger charge is 2.18. The van der Waals surface area contributed by atoms with Gasteiger partial charge in [0.15, 0.2) is 0 Å². The molecule has 2 aromatic rings. The first kappa shape index (κ1) is 15.3. The van der Waals surface area contributed by atoms with E-state index < -0.39 is 12.0 Å². The van der Waals surface area contributed by atoms with Gasteiger partial charge < -0.3 is 10.4 Å². The zero-order valence-corrected chi connectivity index (χ0v) is 12.4. The topological polar surface area (TPSA) is 79.3 Å². The fourth-order valence-electron chi connectivity index (χ4n) is 1.99. The van der Waals surface area contributed by atoms with Crippen LogP contribution >= 0.6 is 11.8 Å². The van der Waals surface area contributed by atoms with E-state index in [-0.39, 0.29) is 5.91 Å². The SMILES string of the molecule is CC(=O)N[C@@H](CSCc1ccnc2ccccc12)C(=O)O. The first-order valence-corrected chi connectivity index (χ1v) is 7.63. The van der Waals surface area contributed by atoms with Crippen LogP contribution in [0.1, 0.15) is 12.5 Å². The fraction of sp³-hybridized carbons (Fsp3) is 0.267. The summed E-state index contributed by atoms with van der Waals surface area (Å²) in [6.07, 6.45) is 1.75. The molecule has 0 radical (unpaired) electrons. The highest BCUT2D eigenvalue weighted by atomic mass is 32.2. The molecule has 0 saturated carbocycles.